The van der Waals surface area contributed by atoms with Gasteiger partial charge in [0.25, 0.3) is 0 Å². The van der Waals surface area contributed by atoms with Crippen molar-refractivity contribution in [2.45, 2.75) is 40.5 Å². The molecular formula is C10H19F. The van der Waals surface area contributed by atoms with Crippen LogP contribution in [0, 0.1) is 5.92 Å². The molecule has 0 spiro atoms. The molecule has 0 N–H and O–H groups in total. The molecule has 0 bridgehead atoms. The smallest absolute Gasteiger partial charge is 0.0931 e. The summed E-state index contributed by atoms with van der Waals surface area (Å²) in [4.78, 5) is 0. The molecule has 0 rings (SSSR count). The molecule has 0 aliphatic carbocycles. The van der Waals surface area contributed by atoms with E-state index in [1.54, 1.807) is 0 Å². The van der Waals surface area contributed by atoms with E-state index >= 15 is 0 Å². The Hall–Kier alpha value is -0.330. The first-order chi connectivity index (χ1) is 5.07. The minimum atomic E-state index is -0.215. The van der Waals surface area contributed by atoms with Gasteiger partial charge in [-0.1, -0.05) is 25.0 Å². The van der Waals surface area contributed by atoms with Gasteiger partial charge in [0, 0.05) is 0 Å². The molecule has 0 nitrogen and oxygen atoms in total. The highest BCUT2D eigenvalue weighted by Gasteiger charge is 2.02. The summed E-state index contributed by atoms with van der Waals surface area (Å²) in [5.74, 6) is 0.645. The Labute approximate surface area is 69.5 Å². The molecule has 0 aliphatic heterocycles. The number of rotatable bonds is 4. The van der Waals surface area contributed by atoms with E-state index in [-0.39, 0.29) is 6.67 Å². The summed E-state index contributed by atoms with van der Waals surface area (Å²) in [6.07, 6.45) is 1.67. The maximum Gasteiger partial charge on any atom is 0.0931 e. The van der Waals surface area contributed by atoms with Gasteiger partial charge in [0.15, 0.2) is 0 Å². The first kappa shape index (κ1) is 10.7. The first-order valence-electron chi connectivity index (χ1n) is 4.29. The zero-order valence-corrected chi connectivity index (χ0v) is 8.08. The average molecular weight is 158 g/mol. The van der Waals surface area contributed by atoms with E-state index in [1.807, 2.05) is 0 Å². The van der Waals surface area contributed by atoms with E-state index in [0.29, 0.717) is 12.3 Å². The predicted molar refractivity (Wildman–Crippen MR) is 48.4 cm³/mol. The van der Waals surface area contributed by atoms with E-state index in [1.165, 1.54) is 11.1 Å². The van der Waals surface area contributed by atoms with Crippen LogP contribution in [0.25, 0.3) is 0 Å². The van der Waals surface area contributed by atoms with Crippen molar-refractivity contribution in [1.82, 2.24) is 0 Å². The Morgan fingerprint density at radius 2 is 1.82 bits per heavy atom. The SMILES string of the molecule is CC(C)=C(CCF)CC(C)C. The molecule has 0 heterocycles. The third kappa shape index (κ3) is 5.00. The molecule has 0 amide bonds. The summed E-state index contributed by atoms with van der Waals surface area (Å²) in [5.41, 5.74) is 2.58. The van der Waals surface area contributed by atoms with Crippen LogP contribution in [0.15, 0.2) is 11.1 Å². The fourth-order valence-corrected chi connectivity index (χ4v) is 1.16. The normalized spacial score (nSPS) is 10.4. The van der Waals surface area contributed by atoms with Gasteiger partial charge in [0.2, 0.25) is 0 Å². The number of allylic oxidation sites excluding steroid dienone is 2. The summed E-state index contributed by atoms with van der Waals surface area (Å²) in [6.45, 7) is 8.25. The van der Waals surface area contributed by atoms with Crippen LogP contribution in [0.4, 0.5) is 4.39 Å². The van der Waals surface area contributed by atoms with Crippen molar-refractivity contribution in [3.05, 3.63) is 11.1 Å². The van der Waals surface area contributed by atoms with Crippen molar-refractivity contribution in [2.75, 3.05) is 6.67 Å². The second-order valence-electron chi connectivity index (χ2n) is 3.64. The zero-order valence-electron chi connectivity index (χ0n) is 8.08. The van der Waals surface area contributed by atoms with Crippen molar-refractivity contribution in [3.63, 3.8) is 0 Å². The second kappa shape index (κ2) is 5.34. The van der Waals surface area contributed by atoms with Gasteiger partial charge in [-0.25, -0.2) is 0 Å². The average Bonchev–Trinajstić information content (AvgIpc) is 1.86. The lowest BCUT2D eigenvalue weighted by Crippen LogP contribution is -1.95. The first-order valence-corrected chi connectivity index (χ1v) is 4.29. The van der Waals surface area contributed by atoms with Gasteiger partial charge in [-0.3, -0.25) is 4.39 Å². The molecule has 0 atom stereocenters. The van der Waals surface area contributed by atoms with E-state index in [2.05, 4.69) is 27.7 Å². The van der Waals surface area contributed by atoms with Crippen LogP contribution < -0.4 is 0 Å². The van der Waals surface area contributed by atoms with E-state index in [0.717, 1.165) is 6.42 Å². The molecule has 0 radical (unpaired) electrons. The maximum absolute atomic E-state index is 12.0. The number of halogens is 1. The Morgan fingerprint density at radius 1 is 1.27 bits per heavy atom. The molecule has 1 heteroatoms. The molecule has 66 valence electrons. The van der Waals surface area contributed by atoms with Crippen molar-refractivity contribution < 1.29 is 4.39 Å². The monoisotopic (exact) mass is 158 g/mol. The highest BCUT2D eigenvalue weighted by Crippen LogP contribution is 2.18. The summed E-state index contributed by atoms with van der Waals surface area (Å²) < 4.78 is 12.0. The van der Waals surface area contributed by atoms with Gasteiger partial charge in [-0.05, 0) is 32.6 Å². The molecule has 0 saturated carbocycles. The zero-order chi connectivity index (χ0) is 8.85. The summed E-state index contributed by atoms with van der Waals surface area (Å²) in [6, 6.07) is 0. The Kier molecular flexibility index (Phi) is 5.18. The van der Waals surface area contributed by atoms with Crippen molar-refractivity contribution in [3.8, 4) is 0 Å². The number of hydrogen-bond donors (Lipinski definition) is 0. The topological polar surface area (TPSA) is 0 Å². The fourth-order valence-electron chi connectivity index (χ4n) is 1.16. The van der Waals surface area contributed by atoms with Crippen molar-refractivity contribution >= 4 is 0 Å². The van der Waals surface area contributed by atoms with Crippen LogP contribution in [-0.2, 0) is 0 Å². The second-order valence-corrected chi connectivity index (χ2v) is 3.64. The molecule has 0 aromatic heterocycles. The van der Waals surface area contributed by atoms with Crippen LogP contribution >= 0.6 is 0 Å². The highest BCUT2D eigenvalue weighted by atomic mass is 19.1. The lowest BCUT2D eigenvalue weighted by Gasteiger charge is -2.10. The Morgan fingerprint density at radius 3 is 2.09 bits per heavy atom. The lowest BCUT2D eigenvalue weighted by atomic mass is 9.97. The van der Waals surface area contributed by atoms with Gasteiger partial charge < -0.3 is 0 Å². The predicted octanol–water partition coefficient (Wildman–Crippen LogP) is 3.73. The summed E-state index contributed by atoms with van der Waals surface area (Å²) in [7, 11) is 0. The minimum absolute atomic E-state index is 0.215. The Balaban J connectivity index is 4.02. The molecule has 0 saturated heterocycles. The van der Waals surface area contributed by atoms with Gasteiger partial charge >= 0.3 is 0 Å². The molecule has 0 unspecified atom stereocenters. The molecule has 0 aliphatic rings. The molecule has 0 aromatic rings. The lowest BCUT2D eigenvalue weighted by molar-refractivity contribution is 0.480. The maximum atomic E-state index is 12.0. The van der Waals surface area contributed by atoms with E-state index < -0.39 is 0 Å². The third-order valence-electron chi connectivity index (χ3n) is 1.76. The quantitative estimate of drug-likeness (QED) is 0.547. The highest BCUT2D eigenvalue weighted by molar-refractivity contribution is 5.10. The Bertz CT molecular complexity index is 130. The van der Waals surface area contributed by atoms with Gasteiger partial charge in [0.05, 0.1) is 6.67 Å². The van der Waals surface area contributed by atoms with Crippen LogP contribution in [0.3, 0.4) is 0 Å². The van der Waals surface area contributed by atoms with Crippen LogP contribution in [0.1, 0.15) is 40.5 Å². The van der Waals surface area contributed by atoms with E-state index in [9.17, 15) is 4.39 Å². The van der Waals surface area contributed by atoms with Gasteiger partial charge in [0.1, 0.15) is 0 Å². The number of alkyl halides is 1. The standard InChI is InChI=1S/C10H19F/c1-8(2)7-10(5-6-11)9(3)4/h8H,5-7H2,1-4H3. The molecule has 0 fully saturated rings. The van der Waals surface area contributed by atoms with Crippen LogP contribution in [0.2, 0.25) is 0 Å². The van der Waals surface area contributed by atoms with Crippen molar-refractivity contribution in [1.29, 1.82) is 0 Å². The van der Waals surface area contributed by atoms with Crippen LogP contribution in [0.5, 0.6) is 0 Å². The minimum Gasteiger partial charge on any atom is -0.251 e. The van der Waals surface area contributed by atoms with Crippen molar-refractivity contribution in [2.24, 2.45) is 5.92 Å². The molecule has 11 heavy (non-hydrogen) atoms. The van der Waals surface area contributed by atoms with E-state index in [4.69, 9.17) is 0 Å². The van der Waals surface area contributed by atoms with Crippen LogP contribution in [-0.4, -0.2) is 6.67 Å². The summed E-state index contributed by atoms with van der Waals surface area (Å²) >= 11 is 0. The summed E-state index contributed by atoms with van der Waals surface area (Å²) in [5, 5.41) is 0. The van der Waals surface area contributed by atoms with Gasteiger partial charge in [-0.2, -0.15) is 0 Å². The molecular weight excluding hydrogens is 139 g/mol. The number of hydrogen-bond acceptors (Lipinski definition) is 0. The van der Waals surface area contributed by atoms with Gasteiger partial charge in [-0.15, -0.1) is 0 Å². The largest absolute Gasteiger partial charge is 0.251 e. The molecule has 0 aromatic carbocycles. The fraction of sp³-hybridized carbons (Fsp3) is 0.800. The third-order valence-corrected chi connectivity index (χ3v) is 1.76.